The number of hydrogen-bond acceptors (Lipinski definition) is 2. The first-order valence-electron chi connectivity index (χ1n) is 6.24. The van der Waals surface area contributed by atoms with Crippen molar-refractivity contribution in [2.45, 2.75) is 25.8 Å². The first-order chi connectivity index (χ1) is 9.43. The van der Waals surface area contributed by atoms with Crippen LogP contribution in [-0.4, -0.2) is 34.6 Å². The summed E-state index contributed by atoms with van der Waals surface area (Å²) in [5, 5.41) is 12.1. The standard InChI is InChI=1S/C13H14Cl2N2O3/c1-2-17(8-3-4-8)13(20)16-11-9(12(18)19)5-7(14)6-10(11)15/h5-6,8H,2-4H2,1H3,(H,16,20)(H,18,19). The van der Waals surface area contributed by atoms with E-state index in [-0.39, 0.29) is 33.4 Å². The van der Waals surface area contributed by atoms with E-state index in [0.29, 0.717) is 6.54 Å². The van der Waals surface area contributed by atoms with E-state index in [1.807, 2.05) is 6.92 Å². The summed E-state index contributed by atoms with van der Waals surface area (Å²) in [4.78, 5) is 25.0. The molecule has 1 aliphatic carbocycles. The minimum Gasteiger partial charge on any atom is -0.478 e. The molecule has 1 fully saturated rings. The number of carbonyl (C=O) groups excluding carboxylic acids is 1. The summed E-state index contributed by atoms with van der Waals surface area (Å²) in [5.41, 5.74) is -0.0460. The second kappa shape index (κ2) is 5.89. The maximum absolute atomic E-state index is 12.2. The molecule has 2 rings (SSSR count). The lowest BCUT2D eigenvalue weighted by Crippen LogP contribution is -2.36. The number of anilines is 1. The first kappa shape index (κ1) is 14.9. The van der Waals surface area contributed by atoms with Crippen molar-refractivity contribution in [2.24, 2.45) is 0 Å². The summed E-state index contributed by atoms with van der Waals surface area (Å²) >= 11 is 11.8. The van der Waals surface area contributed by atoms with E-state index in [1.54, 1.807) is 4.90 Å². The summed E-state index contributed by atoms with van der Waals surface area (Å²) in [6, 6.07) is 2.55. The first-order valence-corrected chi connectivity index (χ1v) is 6.99. The van der Waals surface area contributed by atoms with Crippen molar-refractivity contribution in [3.63, 3.8) is 0 Å². The van der Waals surface area contributed by atoms with Gasteiger partial charge in [-0.2, -0.15) is 0 Å². The average molecular weight is 317 g/mol. The molecule has 1 aliphatic rings. The second-order valence-electron chi connectivity index (χ2n) is 4.56. The highest BCUT2D eigenvalue weighted by atomic mass is 35.5. The van der Waals surface area contributed by atoms with Gasteiger partial charge in [0.05, 0.1) is 16.3 Å². The number of halogens is 2. The Morgan fingerprint density at radius 2 is 2.05 bits per heavy atom. The molecule has 0 radical (unpaired) electrons. The molecule has 1 aromatic rings. The van der Waals surface area contributed by atoms with Crippen LogP contribution in [0.5, 0.6) is 0 Å². The molecular formula is C13H14Cl2N2O3. The molecule has 1 saturated carbocycles. The van der Waals surface area contributed by atoms with Gasteiger partial charge in [0.25, 0.3) is 0 Å². The monoisotopic (exact) mass is 316 g/mol. The fourth-order valence-corrected chi connectivity index (χ4v) is 2.54. The molecule has 0 aliphatic heterocycles. The topological polar surface area (TPSA) is 69.6 Å². The van der Waals surface area contributed by atoms with Gasteiger partial charge in [-0.3, -0.25) is 0 Å². The number of carboxylic acids is 1. The van der Waals surface area contributed by atoms with Gasteiger partial charge in [0.1, 0.15) is 0 Å². The van der Waals surface area contributed by atoms with Crippen LogP contribution in [0.1, 0.15) is 30.1 Å². The highest BCUT2D eigenvalue weighted by molar-refractivity contribution is 6.37. The van der Waals surface area contributed by atoms with Crippen molar-refractivity contribution in [3.05, 3.63) is 27.7 Å². The molecule has 7 heteroatoms. The number of aromatic carboxylic acids is 1. The van der Waals surface area contributed by atoms with Crippen LogP contribution in [0.15, 0.2) is 12.1 Å². The van der Waals surface area contributed by atoms with Gasteiger partial charge in [-0.05, 0) is 31.9 Å². The van der Waals surface area contributed by atoms with Crippen LogP contribution in [0.2, 0.25) is 10.0 Å². The Kier molecular flexibility index (Phi) is 4.40. The number of benzene rings is 1. The van der Waals surface area contributed by atoms with Gasteiger partial charge in [-0.15, -0.1) is 0 Å². The highest BCUT2D eigenvalue weighted by Gasteiger charge is 2.32. The van der Waals surface area contributed by atoms with Crippen LogP contribution in [0.3, 0.4) is 0 Å². The molecule has 0 unspecified atom stereocenters. The third kappa shape index (κ3) is 3.16. The molecule has 5 nitrogen and oxygen atoms in total. The molecule has 0 atom stereocenters. The van der Waals surface area contributed by atoms with Gasteiger partial charge < -0.3 is 15.3 Å². The van der Waals surface area contributed by atoms with E-state index in [1.165, 1.54) is 12.1 Å². The van der Waals surface area contributed by atoms with Gasteiger partial charge in [-0.1, -0.05) is 23.2 Å². The molecule has 0 spiro atoms. The number of carbonyl (C=O) groups is 2. The van der Waals surface area contributed by atoms with E-state index in [2.05, 4.69) is 5.32 Å². The zero-order chi connectivity index (χ0) is 14.9. The predicted octanol–water partition coefficient (Wildman–Crippen LogP) is 3.71. The Bertz CT molecular complexity index is 559. The zero-order valence-corrected chi connectivity index (χ0v) is 12.3. The Morgan fingerprint density at radius 3 is 2.55 bits per heavy atom. The van der Waals surface area contributed by atoms with Crippen LogP contribution >= 0.6 is 23.2 Å². The summed E-state index contributed by atoms with van der Waals surface area (Å²) in [6.07, 6.45) is 1.95. The summed E-state index contributed by atoms with van der Waals surface area (Å²) in [5.74, 6) is -1.20. The number of nitrogens with zero attached hydrogens (tertiary/aromatic N) is 1. The fourth-order valence-electron chi connectivity index (χ4n) is 2.00. The SMILES string of the molecule is CCN(C(=O)Nc1c(Cl)cc(Cl)cc1C(=O)O)C1CC1. The third-order valence-corrected chi connectivity index (χ3v) is 3.62. The molecule has 0 heterocycles. The van der Waals surface area contributed by atoms with Crippen molar-refractivity contribution in [2.75, 3.05) is 11.9 Å². The van der Waals surface area contributed by atoms with Crippen molar-refractivity contribution < 1.29 is 14.7 Å². The number of hydrogen-bond donors (Lipinski definition) is 2. The summed E-state index contributed by atoms with van der Waals surface area (Å²) in [7, 11) is 0. The molecule has 1 aromatic carbocycles. The number of rotatable bonds is 4. The smallest absolute Gasteiger partial charge is 0.337 e. The van der Waals surface area contributed by atoms with Crippen molar-refractivity contribution >= 4 is 40.9 Å². The Balaban J connectivity index is 2.28. The van der Waals surface area contributed by atoms with Crippen LogP contribution in [0.4, 0.5) is 10.5 Å². The van der Waals surface area contributed by atoms with Gasteiger partial charge >= 0.3 is 12.0 Å². The third-order valence-electron chi connectivity index (χ3n) is 3.11. The summed E-state index contributed by atoms with van der Waals surface area (Å²) < 4.78 is 0. The highest BCUT2D eigenvalue weighted by Crippen LogP contribution is 2.32. The lowest BCUT2D eigenvalue weighted by Gasteiger charge is -2.22. The van der Waals surface area contributed by atoms with Crippen molar-refractivity contribution in [1.82, 2.24) is 4.90 Å². The molecule has 0 bridgehead atoms. The van der Waals surface area contributed by atoms with Gasteiger partial charge in [0, 0.05) is 17.6 Å². The quantitative estimate of drug-likeness (QED) is 0.889. The van der Waals surface area contributed by atoms with E-state index < -0.39 is 5.97 Å². The van der Waals surface area contributed by atoms with E-state index in [4.69, 9.17) is 28.3 Å². The predicted molar refractivity (Wildman–Crippen MR) is 77.8 cm³/mol. The van der Waals surface area contributed by atoms with Crippen LogP contribution < -0.4 is 5.32 Å². The Morgan fingerprint density at radius 1 is 1.40 bits per heavy atom. The maximum atomic E-state index is 12.2. The lowest BCUT2D eigenvalue weighted by atomic mass is 10.2. The van der Waals surface area contributed by atoms with Crippen LogP contribution in [0, 0.1) is 0 Å². The van der Waals surface area contributed by atoms with Crippen molar-refractivity contribution in [1.29, 1.82) is 0 Å². The number of nitrogens with one attached hydrogen (secondary N) is 1. The van der Waals surface area contributed by atoms with E-state index in [9.17, 15) is 9.59 Å². The molecule has 20 heavy (non-hydrogen) atoms. The second-order valence-corrected chi connectivity index (χ2v) is 5.41. The summed E-state index contributed by atoms with van der Waals surface area (Å²) in [6.45, 7) is 2.43. The van der Waals surface area contributed by atoms with Crippen molar-refractivity contribution in [3.8, 4) is 0 Å². The van der Waals surface area contributed by atoms with E-state index >= 15 is 0 Å². The van der Waals surface area contributed by atoms with Gasteiger partial charge in [0.2, 0.25) is 0 Å². The fraction of sp³-hybridized carbons (Fsp3) is 0.385. The van der Waals surface area contributed by atoms with E-state index in [0.717, 1.165) is 12.8 Å². The van der Waals surface area contributed by atoms with Crippen LogP contribution in [-0.2, 0) is 0 Å². The lowest BCUT2D eigenvalue weighted by molar-refractivity contribution is 0.0698. The normalized spacial score (nSPS) is 13.9. The molecule has 0 saturated heterocycles. The molecule has 108 valence electrons. The molecule has 2 amide bonds. The number of urea groups is 1. The Labute approximate surface area is 126 Å². The number of carboxylic acid groups (broad SMARTS) is 1. The average Bonchev–Trinajstić information content (AvgIpc) is 3.17. The molecule has 2 N–H and O–H groups in total. The Hall–Kier alpha value is -1.46. The van der Waals surface area contributed by atoms with Crippen LogP contribution in [0.25, 0.3) is 0 Å². The maximum Gasteiger partial charge on any atom is 0.337 e. The van der Waals surface area contributed by atoms with Gasteiger partial charge in [0.15, 0.2) is 0 Å². The molecular weight excluding hydrogens is 303 g/mol. The zero-order valence-electron chi connectivity index (χ0n) is 10.8. The minimum atomic E-state index is -1.20. The molecule has 0 aromatic heterocycles. The number of amides is 2. The minimum absolute atomic E-state index is 0.0765. The van der Waals surface area contributed by atoms with Gasteiger partial charge in [-0.25, -0.2) is 9.59 Å². The largest absolute Gasteiger partial charge is 0.478 e.